The molecule has 17 heavy (non-hydrogen) atoms. The molecule has 0 heterocycles. The summed E-state index contributed by atoms with van der Waals surface area (Å²) in [6.07, 6.45) is -10.3. The van der Waals surface area contributed by atoms with Crippen LogP contribution in [-0.4, -0.2) is 29.5 Å². The van der Waals surface area contributed by atoms with E-state index in [1.165, 1.54) is 0 Å². The first kappa shape index (κ1) is 14.1. The summed E-state index contributed by atoms with van der Waals surface area (Å²) >= 11 is 0. The van der Waals surface area contributed by atoms with Crippen LogP contribution >= 0.6 is 0 Å². The van der Waals surface area contributed by atoms with Gasteiger partial charge in [0.2, 0.25) is 0 Å². The number of hydrogen-bond acceptors (Lipinski definition) is 2. The quantitative estimate of drug-likeness (QED) is 0.559. The van der Waals surface area contributed by atoms with E-state index < -0.39 is 42.9 Å². The van der Waals surface area contributed by atoms with E-state index in [1.54, 1.807) is 0 Å². The van der Waals surface area contributed by atoms with Crippen molar-refractivity contribution in [3.63, 3.8) is 0 Å². The topological polar surface area (TPSA) is 40.5 Å². The SMILES string of the molecule is OB(O)C1=CC(C(F)(F)F)CC(C(F)(F)F)=C1. The lowest BCUT2D eigenvalue weighted by Gasteiger charge is -2.24. The first-order valence-electron chi connectivity index (χ1n) is 4.44. The first-order chi connectivity index (χ1) is 7.51. The molecule has 1 aliphatic carbocycles. The highest BCUT2D eigenvalue weighted by Crippen LogP contribution is 2.41. The highest BCUT2D eigenvalue weighted by atomic mass is 19.4. The van der Waals surface area contributed by atoms with Gasteiger partial charge in [0.1, 0.15) is 0 Å². The Labute approximate surface area is 92.4 Å². The molecule has 1 aliphatic rings. The van der Waals surface area contributed by atoms with E-state index in [0.717, 1.165) is 0 Å². The van der Waals surface area contributed by atoms with Crippen LogP contribution in [0.1, 0.15) is 6.42 Å². The van der Waals surface area contributed by atoms with Crippen molar-refractivity contribution >= 4 is 7.12 Å². The van der Waals surface area contributed by atoms with Gasteiger partial charge in [0.25, 0.3) is 0 Å². The molecule has 2 N–H and O–H groups in total. The summed E-state index contributed by atoms with van der Waals surface area (Å²) in [5.41, 5.74) is -2.23. The number of halogens is 6. The molecule has 0 radical (unpaired) electrons. The zero-order valence-electron chi connectivity index (χ0n) is 8.18. The summed E-state index contributed by atoms with van der Waals surface area (Å²) in [7, 11) is -2.36. The van der Waals surface area contributed by atoms with Crippen molar-refractivity contribution in [2.45, 2.75) is 18.8 Å². The van der Waals surface area contributed by atoms with Crippen LogP contribution < -0.4 is 0 Å². The number of hydrogen-bond donors (Lipinski definition) is 2. The van der Waals surface area contributed by atoms with Crippen molar-refractivity contribution in [1.29, 1.82) is 0 Å². The van der Waals surface area contributed by atoms with Gasteiger partial charge < -0.3 is 10.0 Å². The molecule has 0 fully saturated rings. The van der Waals surface area contributed by atoms with E-state index in [1.807, 2.05) is 0 Å². The molecule has 96 valence electrons. The van der Waals surface area contributed by atoms with Crippen LogP contribution in [0.3, 0.4) is 0 Å². The first-order valence-corrected chi connectivity index (χ1v) is 4.44. The van der Waals surface area contributed by atoms with Crippen molar-refractivity contribution in [3.05, 3.63) is 23.2 Å². The lowest BCUT2D eigenvalue weighted by atomic mass is 9.72. The molecule has 0 saturated carbocycles. The predicted octanol–water partition coefficient (Wildman–Crippen LogP) is 2.00. The molecule has 1 rings (SSSR count). The zero-order chi connectivity index (χ0) is 13.4. The number of rotatable bonds is 1. The van der Waals surface area contributed by atoms with Crippen molar-refractivity contribution in [1.82, 2.24) is 0 Å². The molecule has 0 aliphatic heterocycles. The van der Waals surface area contributed by atoms with Gasteiger partial charge in [0.05, 0.1) is 5.92 Å². The van der Waals surface area contributed by atoms with Gasteiger partial charge in [0, 0.05) is 5.57 Å². The monoisotopic (exact) mass is 260 g/mol. The summed E-state index contributed by atoms with van der Waals surface area (Å²) in [4.78, 5) is 0. The van der Waals surface area contributed by atoms with E-state index in [4.69, 9.17) is 10.0 Å². The number of alkyl halides is 6. The zero-order valence-corrected chi connectivity index (χ0v) is 8.18. The summed E-state index contributed by atoms with van der Waals surface area (Å²) in [6.45, 7) is 0. The molecule has 0 spiro atoms. The Kier molecular flexibility index (Phi) is 3.63. The molecular formula is C8H7BF6O2. The fraction of sp³-hybridized carbons (Fsp3) is 0.500. The molecular weight excluding hydrogens is 253 g/mol. The minimum atomic E-state index is -4.92. The average molecular weight is 260 g/mol. The normalized spacial score (nSPS) is 22.0. The van der Waals surface area contributed by atoms with E-state index in [2.05, 4.69) is 0 Å². The van der Waals surface area contributed by atoms with Crippen LogP contribution in [0.4, 0.5) is 26.3 Å². The lowest BCUT2D eigenvalue weighted by Crippen LogP contribution is -2.30. The second kappa shape index (κ2) is 4.38. The maximum Gasteiger partial charge on any atom is 0.488 e. The molecule has 1 unspecified atom stereocenters. The van der Waals surface area contributed by atoms with Crippen LogP contribution in [-0.2, 0) is 0 Å². The van der Waals surface area contributed by atoms with Gasteiger partial charge in [-0.3, -0.25) is 0 Å². The Morgan fingerprint density at radius 1 is 1.12 bits per heavy atom. The highest BCUT2D eigenvalue weighted by Gasteiger charge is 2.46. The van der Waals surface area contributed by atoms with E-state index in [9.17, 15) is 26.3 Å². The van der Waals surface area contributed by atoms with Gasteiger partial charge in [-0.1, -0.05) is 12.2 Å². The maximum atomic E-state index is 12.3. The second-order valence-corrected chi connectivity index (χ2v) is 3.56. The molecule has 0 bridgehead atoms. The van der Waals surface area contributed by atoms with Crippen LogP contribution in [0.15, 0.2) is 23.2 Å². The molecule has 0 saturated heterocycles. The second-order valence-electron chi connectivity index (χ2n) is 3.56. The van der Waals surface area contributed by atoms with Crippen molar-refractivity contribution in [2.75, 3.05) is 0 Å². The van der Waals surface area contributed by atoms with Crippen LogP contribution in [0.2, 0.25) is 0 Å². The smallest absolute Gasteiger partial charge is 0.423 e. The third kappa shape index (κ3) is 3.50. The summed E-state index contributed by atoms with van der Waals surface area (Å²) < 4.78 is 74.0. The molecule has 9 heteroatoms. The Morgan fingerprint density at radius 2 is 1.65 bits per heavy atom. The van der Waals surface area contributed by atoms with Crippen molar-refractivity contribution < 1.29 is 36.4 Å². The minimum Gasteiger partial charge on any atom is -0.423 e. The third-order valence-electron chi connectivity index (χ3n) is 2.26. The molecule has 0 aromatic heterocycles. The Bertz CT molecular complexity index is 354. The van der Waals surface area contributed by atoms with Crippen LogP contribution in [0.25, 0.3) is 0 Å². The summed E-state index contributed by atoms with van der Waals surface area (Å²) in [5.74, 6) is -2.36. The van der Waals surface area contributed by atoms with Gasteiger partial charge in [-0.2, -0.15) is 26.3 Å². The van der Waals surface area contributed by atoms with Gasteiger partial charge in [0.15, 0.2) is 0 Å². The Hall–Kier alpha value is -0.955. The van der Waals surface area contributed by atoms with Gasteiger partial charge >= 0.3 is 19.5 Å². The molecule has 1 atom stereocenters. The fourth-order valence-electron chi connectivity index (χ4n) is 1.40. The number of allylic oxidation sites excluding steroid dienone is 4. The van der Waals surface area contributed by atoms with Crippen molar-refractivity contribution in [2.24, 2.45) is 5.92 Å². The summed E-state index contributed by atoms with van der Waals surface area (Å²) in [5, 5.41) is 17.3. The standard InChI is InChI=1S/C8H7BF6O2/c10-7(11,12)4-1-5(8(13,14)15)3-6(2-4)9(16)17/h2-4,16-17H,1H2. The van der Waals surface area contributed by atoms with E-state index in [0.29, 0.717) is 12.2 Å². The van der Waals surface area contributed by atoms with Crippen LogP contribution in [0, 0.1) is 5.92 Å². The average Bonchev–Trinajstić information content (AvgIpc) is 2.14. The maximum absolute atomic E-state index is 12.3. The molecule has 0 amide bonds. The van der Waals surface area contributed by atoms with Crippen molar-refractivity contribution in [3.8, 4) is 0 Å². The Morgan fingerprint density at radius 3 is 2.00 bits per heavy atom. The lowest BCUT2D eigenvalue weighted by molar-refractivity contribution is -0.165. The van der Waals surface area contributed by atoms with Crippen LogP contribution in [0.5, 0.6) is 0 Å². The van der Waals surface area contributed by atoms with Gasteiger partial charge in [-0.05, 0) is 11.9 Å². The minimum absolute atomic E-state index is 0.326. The predicted molar refractivity (Wildman–Crippen MR) is 46.6 cm³/mol. The largest absolute Gasteiger partial charge is 0.488 e. The Balaban J connectivity index is 3.10. The molecule has 0 aromatic carbocycles. The van der Waals surface area contributed by atoms with Gasteiger partial charge in [-0.25, -0.2) is 0 Å². The van der Waals surface area contributed by atoms with E-state index in [-0.39, 0.29) is 0 Å². The fourth-order valence-corrected chi connectivity index (χ4v) is 1.40. The molecule has 0 aromatic rings. The molecule has 2 nitrogen and oxygen atoms in total. The van der Waals surface area contributed by atoms with E-state index >= 15 is 0 Å². The van der Waals surface area contributed by atoms with Gasteiger partial charge in [-0.15, -0.1) is 0 Å². The summed E-state index contributed by atoms with van der Waals surface area (Å²) in [6, 6.07) is 0. The third-order valence-corrected chi connectivity index (χ3v) is 2.26. The highest BCUT2D eigenvalue weighted by molar-refractivity contribution is 6.51.